The maximum Gasteiger partial charge on any atom is 0.258 e. The first-order valence-electron chi connectivity index (χ1n) is 8.75. The van der Waals surface area contributed by atoms with E-state index < -0.39 is 0 Å². The van der Waals surface area contributed by atoms with Crippen LogP contribution in [0.2, 0.25) is 0 Å². The van der Waals surface area contributed by atoms with Gasteiger partial charge in [-0.2, -0.15) is 0 Å². The number of hydrogen-bond donors (Lipinski definition) is 1. The van der Waals surface area contributed by atoms with Crippen LogP contribution in [0.25, 0.3) is 0 Å². The second-order valence-corrected chi connectivity index (χ2v) is 7.99. The van der Waals surface area contributed by atoms with E-state index in [0.717, 1.165) is 35.6 Å². The van der Waals surface area contributed by atoms with Gasteiger partial charge in [0.15, 0.2) is 6.61 Å². The highest BCUT2D eigenvalue weighted by Crippen LogP contribution is 2.37. The van der Waals surface area contributed by atoms with Crippen molar-refractivity contribution in [1.29, 1.82) is 0 Å². The number of amides is 1. The first-order chi connectivity index (χ1) is 10.8. The molecule has 1 N–H and O–H groups in total. The number of hydrogen-bond acceptors (Lipinski definition) is 2. The SMILES string of the molecule is Cc1cccc(C)c1OCC(=O)NC1CCC(C(C)(C)C)CC1. The first kappa shape index (κ1) is 17.8. The van der Waals surface area contributed by atoms with Crippen LogP contribution in [0.1, 0.15) is 57.6 Å². The third kappa shape index (κ3) is 4.98. The van der Waals surface area contributed by atoms with Crippen LogP contribution in [0.15, 0.2) is 18.2 Å². The summed E-state index contributed by atoms with van der Waals surface area (Å²) in [6.45, 7) is 11.1. The predicted octanol–water partition coefficient (Wildman–Crippen LogP) is 4.40. The third-order valence-corrected chi connectivity index (χ3v) is 5.07. The van der Waals surface area contributed by atoms with Gasteiger partial charge in [0, 0.05) is 6.04 Å². The smallest absolute Gasteiger partial charge is 0.258 e. The Hall–Kier alpha value is -1.51. The van der Waals surface area contributed by atoms with Crippen molar-refractivity contribution in [2.24, 2.45) is 11.3 Å². The van der Waals surface area contributed by atoms with Crippen LogP contribution in [-0.4, -0.2) is 18.6 Å². The molecule has 1 amide bonds. The molecule has 128 valence electrons. The van der Waals surface area contributed by atoms with Crippen molar-refractivity contribution in [3.8, 4) is 5.75 Å². The lowest BCUT2D eigenvalue weighted by Crippen LogP contribution is -2.41. The van der Waals surface area contributed by atoms with Gasteiger partial charge in [0.25, 0.3) is 5.91 Å². The van der Waals surface area contributed by atoms with E-state index in [4.69, 9.17) is 4.74 Å². The second kappa shape index (κ2) is 7.37. The molecule has 2 rings (SSSR count). The molecule has 3 heteroatoms. The largest absolute Gasteiger partial charge is 0.483 e. The van der Waals surface area contributed by atoms with Gasteiger partial charge >= 0.3 is 0 Å². The van der Waals surface area contributed by atoms with Gasteiger partial charge in [0.1, 0.15) is 5.75 Å². The fraction of sp³-hybridized carbons (Fsp3) is 0.650. The summed E-state index contributed by atoms with van der Waals surface area (Å²) in [5, 5.41) is 3.14. The van der Waals surface area contributed by atoms with Gasteiger partial charge in [0.05, 0.1) is 0 Å². The summed E-state index contributed by atoms with van der Waals surface area (Å²) >= 11 is 0. The van der Waals surface area contributed by atoms with Gasteiger partial charge in [-0.1, -0.05) is 39.0 Å². The van der Waals surface area contributed by atoms with Gasteiger partial charge in [-0.25, -0.2) is 0 Å². The molecule has 1 aliphatic carbocycles. The normalized spacial score (nSPS) is 21.8. The molecule has 0 atom stereocenters. The maximum absolute atomic E-state index is 12.1. The van der Waals surface area contributed by atoms with Crippen molar-refractivity contribution in [3.63, 3.8) is 0 Å². The molecule has 1 saturated carbocycles. The molecule has 1 aromatic rings. The van der Waals surface area contributed by atoms with Gasteiger partial charge in [0.2, 0.25) is 0 Å². The minimum absolute atomic E-state index is 0.00754. The number of rotatable bonds is 4. The van der Waals surface area contributed by atoms with E-state index in [1.807, 2.05) is 32.0 Å². The summed E-state index contributed by atoms with van der Waals surface area (Å²) in [6.07, 6.45) is 4.56. The van der Waals surface area contributed by atoms with E-state index in [0.29, 0.717) is 11.5 Å². The summed E-state index contributed by atoms with van der Waals surface area (Å²) in [5.74, 6) is 1.59. The van der Waals surface area contributed by atoms with E-state index >= 15 is 0 Å². The second-order valence-electron chi connectivity index (χ2n) is 7.99. The van der Waals surface area contributed by atoms with Crippen molar-refractivity contribution in [3.05, 3.63) is 29.3 Å². The Kier molecular flexibility index (Phi) is 5.72. The number of para-hydroxylation sites is 1. The predicted molar refractivity (Wildman–Crippen MR) is 94.8 cm³/mol. The van der Waals surface area contributed by atoms with Crippen LogP contribution in [0.4, 0.5) is 0 Å². The van der Waals surface area contributed by atoms with Gasteiger partial charge in [-0.15, -0.1) is 0 Å². The molecule has 1 fully saturated rings. The molecule has 0 heterocycles. The number of aryl methyl sites for hydroxylation is 2. The topological polar surface area (TPSA) is 38.3 Å². The van der Waals surface area contributed by atoms with Crippen LogP contribution in [-0.2, 0) is 4.79 Å². The van der Waals surface area contributed by atoms with E-state index in [1.165, 1.54) is 12.8 Å². The lowest BCUT2D eigenvalue weighted by atomic mass is 9.71. The molecule has 0 bridgehead atoms. The van der Waals surface area contributed by atoms with Gasteiger partial charge < -0.3 is 10.1 Å². The molecule has 0 unspecified atom stereocenters. The first-order valence-corrected chi connectivity index (χ1v) is 8.75. The average molecular weight is 317 g/mol. The van der Waals surface area contributed by atoms with Crippen LogP contribution in [0.3, 0.4) is 0 Å². The Morgan fingerprint density at radius 1 is 1.13 bits per heavy atom. The molecular formula is C20H31NO2. The number of nitrogens with one attached hydrogen (secondary N) is 1. The highest BCUT2D eigenvalue weighted by Gasteiger charge is 2.30. The molecule has 3 nitrogen and oxygen atoms in total. The molecule has 0 aromatic heterocycles. The van der Waals surface area contributed by atoms with Crippen LogP contribution in [0.5, 0.6) is 5.75 Å². The van der Waals surface area contributed by atoms with E-state index in [1.54, 1.807) is 0 Å². The lowest BCUT2D eigenvalue weighted by Gasteiger charge is -2.37. The number of benzene rings is 1. The summed E-state index contributed by atoms with van der Waals surface area (Å²) in [7, 11) is 0. The van der Waals surface area contributed by atoms with Gasteiger partial charge in [-0.3, -0.25) is 4.79 Å². The summed E-state index contributed by atoms with van der Waals surface area (Å²) in [6, 6.07) is 6.33. The zero-order valence-corrected chi connectivity index (χ0v) is 15.2. The zero-order valence-electron chi connectivity index (χ0n) is 15.2. The summed E-state index contributed by atoms with van der Waals surface area (Å²) in [5.41, 5.74) is 2.52. The Morgan fingerprint density at radius 2 is 1.70 bits per heavy atom. The lowest BCUT2D eigenvalue weighted by molar-refractivity contribution is -0.124. The molecule has 0 saturated heterocycles. The van der Waals surface area contributed by atoms with Crippen molar-refractivity contribution in [2.75, 3.05) is 6.61 Å². The Bertz CT molecular complexity index is 517. The van der Waals surface area contributed by atoms with Gasteiger partial charge in [-0.05, 0) is 62.0 Å². The van der Waals surface area contributed by atoms with Crippen molar-refractivity contribution >= 4 is 5.91 Å². The minimum Gasteiger partial charge on any atom is -0.483 e. The van der Waals surface area contributed by atoms with E-state index in [2.05, 4.69) is 26.1 Å². The van der Waals surface area contributed by atoms with E-state index in [9.17, 15) is 4.79 Å². The fourth-order valence-corrected chi connectivity index (χ4v) is 3.54. The quantitative estimate of drug-likeness (QED) is 0.893. The van der Waals surface area contributed by atoms with Crippen LogP contribution >= 0.6 is 0 Å². The Labute approximate surface area is 140 Å². The molecular weight excluding hydrogens is 286 g/mol. The molecule has 1 aromatic carbocycles. The minimum atomic E-state index is -0.00754. The highest BCUT2D eigenvalue weighted by molar-refractivity contribution is 5.78. The number of ether oxygens (including phenoxy) is 1. The summed E-state index contributed by atoms with van der Waals surface area (Å²) < 4.78 is 5.73. The fourth-order valence-electron chi connectivity index (χ4n) is 3.54. The standard InChI is InChI=1S/C20H31NO2/c1-14-7-6-8-15(2)19(14)23-13-18(22)21-17-11-9-16(10-12-17)20(3,4)5/h6-8,16-17H,9-13H2,1-5H3,(H,21,22). The molecule has 23 heavy (non-hydrogen) atoms. The monoisotopic (exact) mass is 317 g/mol. The van der Waals surface area contributed by atoms with Crippen LogP contribution < -0.4 is 10.1 Å². The van der Waals surface area contributed by atoms with Crippen molar-refractivity contribution in [2.45, 2.75) is 66.3 Å². The maximum atomic E-state index is 12.1. The number of carbonyl (C=O) groups is 1. The molecule has 0 aliphatic heterocycles. The van der Waals surface area contributed by atoms with Crippen molar-refractivity contribution in [1.82, 2.24) is 5.32 Å². The van der Waals surface area contributed by atoms with Crippen LogP contribution in [0, 0.1) is 25.2 Å². The van der Waals surface area contributed by atoms with E-state index in [-0.39, 0.29) is 12.5 Å². The third-order valence-electron chi connectivity index (χ3n) is 5.07. The Morgan fingerprint density at radius 3 is 2.22 bits per heavy atom. The van der Waals surface area contributed by atoms with Crippen molar-refractivity contribution < 1.29 is 9.53 Å². The average Bonchev–Trinajstić information content (AvgIpc) is 2.46. The Balaban J connectivity index is 1.78. The molecule has 1 aliphatic rings. The number of carbonyl (C=O) groups excluding carboxylic acids is 1. The highest BCUT2D eigenvalue weighted by atomic mass is 16.5. The summed E-state index contributed by atoms with van der Waals surface area (Å²) in [4.78, 5) is 12.1. The molecule has 0 spiro atoms. The zero-order chi connectivity index (χ0) is 17.0. The molecule has 0 radical (unpaired) electrons.